The number of ether oxygens (including phenoxy) is 2. The molecule has 0 fully saturated rings. The lowest BCUT2D eigenvalue weighted by molar-refractivity contribution is -0.151. The van der Waals surface area contributed by atoms with Gasteiger partial charge in [0.1, 0.15) is 5.75 Å². The number of methoxy groups -OCH3 is 2. The second-order valence-corrected chi connectivity index (χ2v) is 7.00. The zero-order valence-electron chi connectivity index (χ0n) is 16.0. The molecular formula is C20H24N2O5S. The number of nitrogens with one attached hydrogen (secondary N) is 1. The van der Waals surface area contributed by atoms with Crippen LogP contribution in [-0.2, 0) is 19.1 Å². The van der Waals surface area contributed by atoms with E-state index in [-0.39, 0.29) is 12.3 Å². The minimum absolute atomic E-state index is 0.0822. The first-order valence-electron chi connectivity index (χ1n) is 9.04. The Morgan fingerprint density at radius 3 is 2.32 bits per heavy atom. The number of thiazole rings is 1. The summed E-state index contributed by atoms with van der Waals surface area (Å²) in [5.74, 6) is -0.600. The summed E-state index contributed by atoms with van der Waals surface area (Å²) < 4.78 is 9.51. The zero-order chi connectivity index (χ0) is 20.4. The van der Waals surface area contributed by atoms with Crippen molar-refractivity contribution in [2.24, 2.45) is 0 Å². The fraction of sp³-hybridized carbons (Fsp3) is 0.400. The van der Waals surface area contributed by atoms with Gasteiger partial charge in [0.15, 0.2) is 5.13 Å². The van der Waals surface area contributed by atoms with Gasteiger partial charge in [0, 0.05) is 23.8 Å². The molecule has 0 radical (unpaired) electrons. The number of ketones is 1. The monoisotopic (exact) mass is 404 g/mol. The van der Waals surface area contributed by atoms with E-state index in [9.17, 15) is 14.4 Å². The smallest absolute Gasteiger partial charge is 0.374 e. The van der Waals surface area contributed by atoms with E-state index in [1.54, 1.807) is 7.11 Å². The number of hydrogen-bond acceptors (Lipinski definition) is 7. The first-order valence-corrected chi connectivity index (χ1v) is 9.92. The summed E-state index contributed by atoms with van der Waals surface area (Å²) in [6.45, 7) is 0. The number of carbonyl (C=O) groups excluding carboxylic acids is 3. The summed E-state index contributed by atoms with van der Waals surface area (Å²) in [4.78, 5) is 38.8. The maximum Gasteiger partial charge on any atom is 0.374 e. The van der Waals surface area contributed by atoms with Crippen LogP contribution in [0.5, 0.6) is 5.75 Å². The van der Waals surface area contributed by atoms with Crippen molar-refractivity contribution >= 4 is 34.1 Å². The van der Waals surface area contributed by atoms with Crippen LogP contribution >= 0.6 is 11.3 Å². The van der Waals surface area contributed by atoms with E-state index in [1.165, 1.54) is 18.4 Å². The quantitative estimate of drug-likeness (QED) is 0.347. The fourth-order valence-electron chi connectivity index (χ4n) is 2.55. The average Bonchev–Trinajstić information content (AvgIpc) is 3.18. The largest absolute Gasteiger partial charge is 0.497 e. The molecule has 0 aliphatic heterocycles. The molecule has 0 aliphatic rings. The molecule has 28 heavy (non-hydrogen) atoms. The molecule has 1 N–H and O–H groups in total. The van der Waals surface area contributed by atoms with Crippen molar-refractivity contribution in [1.82, 2.24) is 4.98 Å². The Morgan fingerprint density at radius 2 is 1.68 bits per heavy atom. The van der Waals surface area contributed by atoms with Crippen LogP contribution in [-0.4, -0.2) is 36.9 Å². The fourth-order valence-corrected chi connectivity index (χ4v) is 3.28. The van der Waals surface area contributed by atoms with E-state index in [0.29, 0.717) is 18.0 Å². The van der Waals surface area contributed by atoms with Gasteiger partial charge in [-0.1, -0.05) is 12.8 Å². The predicted octanol–water partition coefficient (Wildman–Crippen LogP) is 3.84. The van der Waals surface area contributed by atoms with Gasteiger partial charge in [-0.2, -0.15) is 0 Å². The topological polar surface area (TPSA) is 94.6 Å². The van der Waals surface area contributed by atoms with Crippen LogP contribution in [0, 0.1) is 0 Å². The third-order valence-corrected chi connectivity index (χ3v) is 4.86. The number of benzene rings is 1. The van der Waals surface area contributed by atoms with E-state index in [1.807, 2.05) is 29.6 Å². The first-order chi connectivity index (χ1) is 13.5. The van der Waals surface area contributed by atoms with Gasteiger partial charge in [-0.05, 0) is 37.1 Å². The standard InChI is InChI=1S/C20H24N2O5S/c1-26-15-11-9-14(10-12-15)16-13-28-20(21-16)22-18(24)8-6-4-3-5-7-17(23)19(25)27-2/h9-13H,3-8H2,1-2H3,(H,21,22,24). The molecular weight excluding hydrogens is 380 g/mol. The minimum atomic E-state index is -0.795. The molecule has 0 bridgehead atoms. The number of esters is 1. The Kier molecular flexibility index (Phi) is 8.61. The van der Waals surface area contributed by atoms with Gasteiger partial charge in [0.25, 0.3) is 0 Å². The molecule has 0 aliphatic carbocycles. The van der Waals surface area contributed by atoms with Crippen LogP contribution in [0.3, 0.4) is 0 Å². The lowest BCUT2D eigenvalue weighted by atomic mass is 10.1. The Labute approximate surface area is 168 Å². The lowest BCUT2D eigenvalue weighted by Crippen LogP contribution is -2.14. The number of hydrogen-bond donors (Lipinski definition) is 1. The van der Waals surface area contributed by atoms with Crippen LogP contribution in [0.15, 0.2) is 29.6 Å². The van der Waals surface area contributed by atoms with Crippen LogP contribution < -0.4 is 10.1 Å². The second kappa shape index (κ2) is 11.2. The highest BCUT2D eigenvalue weighted by Gasteiger charge is 2.12. The van der Waals surface area contributed by atoms with E-state index in [2.05, 4.69) is 15.0 Å². The summed E-state index contributed by atoms with van der Waals surface area (Å²) in [5, 5.41) is 5.28. The van der Waals surface area contributed by atoms with E-state index in [4.69, 9.17) is 4.74 Å². The second-order valence-electron chi connectivity index (χ2n) is 6.14. The van der Waals surface area contributed by atoms with Crippen LogP contribution in [0.2, 0.25) is 0 Å². The van der Waals surface area contributed by atoms with Crippen molar-refractivity contribution in [2.45, 2.75) is 38.5 Å². The maximum atomic E-state index is 12.0. The molecule has 1 amide bonds. The predicted molar refractivity (Wildman–Crippen MR) is 107 cm³/mol. The highest BCUT2D eigenvalue weighted by molar-refractivity contribution is 7.14. The molecule has 1 aromatic carbocycles. The lowest BCUT2D eigenvalue weighted by Gasteiger charge is -2.03. The Morgan fingerprint density at radius 1 is 1.00 bits per heavy atom. The van der Waals surface area contributed by atoms with E-state index in [0.717, 1.165) is 36.3 Å². The third-order valence-electron chi connectivity index (χ3n) is 4.11. The number of unbranched alkanes of at least 4 members (excludes halogenated alkanes) is 3. The van der Waals surface area contributed by atoms with Crippen molar-refractivity contribution in [2.75, 3.05) is 19.5 Å². The summed E-state index contributed by atoms with van der Waals surface area (Å²) in [6.07, 6.45) is 3.52. The number of rotatable bonds is 11. The van der Waals surface area contributed by atoms with Gasteiger partial charge in [-0.25, -0.2) is 9.78 Å². The Balaban J connectivity index is 1.67. The zero-order valence-corrected chi connectivity index (χ0v) is 16.8. The van der Waals surface area contributed by atoms with Gasteiger partial charge in [0.2, 0.25) is 11.7 Å². The van der Waals surface area contributed by atoms with Crippen LogP contribution in [0.1, 0.15) is 38.5 Å². The summed E-state index contributed by atoms with van der Waals surface area (Å²) in [6, 6.07) is 7.58. The number of Topliss-reactive ketones (excluding diaryl/α,β-unsaturated/α-hetero) is 1. The first kappa shape index (κ1) is 21.6. The van der Waals surface area contributed by atoms with Crippen molar-refractivity contribution in [1.29, 1.82) is 0 Å². The van der Waals surface area contributed by atoms with Crippen LogP contribution in [0.4, 0.5) is 5.13 Å². The molecule has 1 aromatic heterocycles. The highest BCUT2D eigenvalue weighted by Crippen LogP contribution is 2.26. The molecule has 7 nitrogen and oxygen atoms in total. The molecule has 0 saturated carbocycles. The van der Waals surface area contributed by atoms with Gasteiger partial charge >= 0.3 is 5.97 Å². The number of amides is 1. The molecule has 0 unspecified atom stereocenters. The third kappa shape index (κ3) is 6.77. The van der Waals surface area contributed by atoms with Gasteiger partial charge in [-0.15, -0.1) is 11.3 Å². The molecule has 0 spiro atoms. The van der Waals surface area contributed by atoms with Gasteiger partial charge < -0.3 is 14.8 Å². The summed E-state index contributed by atoms with van der Waals surface area (Å²) >= 11 is 1.38. The van der Waals surface area contributed by atoms with Crippen molar-refractivity contribution in [3.05, 3.63) is 29.6 Å². The van der Waals surface area contributed by atoms with Crippen molar-refractivity contribution in [3.8, 4) is 17.0 Å². The molecule has 0 saturated heterocycles. The van der Waals surface area contributed by atoms with E-state index >= 15 is 0 Å². The normalized spacial score (nSPS) is 10.4. The molecule has 8 heteroatoms. The highest BCUT2D eigenvalue weighted by atomic mass is 32.1. The number of nitrogens with zero attached hydrogens (tertiary/aromatic N) is 1. The summed E-state index contributed by atoms with van der Waals surface area (Å²) in [7, 11) is 2.81. The Hall–Kier alpha value is -2.74. The van der Waals surface area contributed by atoms with Gasteiger partial charge in [-0.3, -0.25) is 9.59 Å². The number of aromatic nitrogens is 1. The van der Waals surface area contributed by atoms with E-state index < -0.39 is 11.8 Å². The number of carbonyl (C=O) groups is 3. The minimum Gasteiger partial charge on any atom is -0.497 e. The van der Waals surface area contributed by atoms with Crippen molar-refractivity contribution in [3.63, 3.8) is 0 Å². The summed E-state index contributed by atoms with van der Waals surface area (Å²) in [5.41, 5.74) is 1.76. The van der Waals surface area contributed by atoms with Crippen molar-refractivity contribution < 1.29 is 23.9 Å². The van der Waals surface area contributed by atoms with Crippen LogP contribution in [0.25, 0.3) is 11.3 Å². The maximum absolute atomic E-state index is 12.0. The Bertz CT molecular complexity index is 801. The molecule has 1 heterocycles. The SMILES string of the molecule is COC(=O)C(=O)CCCCCCC(=O)Nc1nc(-c2ccc(OC)cc2)cs1. The number of anilines is 1. The molecule has 0 atom stereocenters. The average molecular weight is 404 g/mol. The van der Waals surface area contributed by atoms with Gasteiger partial charge in [0.05, 0.1) is 19.9 Å². The molecule has 2 aromatic rings. The molecule has 2 rings (SSSR count). The molecule has 150 valence electrons.